The highest BCUT2D eigenvalue weighted by Crippen LogP contribution is 2.32. The molecule has 0 aliphatic heterocycles. The zero-order valence-corrected chi connectivity index (χ0v) is 9.87. The number of aryl methyl sites for hydroxylation is 1. The molecule has 0 saturated carbocycles. The minimum absolute atomic E-state index is 0.306. The fraction of sp³-hybridized carbons (Fsp3) is 0.455. The van der Waals surface area contributed by atoms with Crippen molar-refractivity contribution in [3.8, 4) is 5.13 Å². The highest BCUT2D eigenvalue weighted by atomic mass is 32.1. The van der Waals surface area contributed by atoms with E-state index in [0.717, 1.165) is 35.0 Å². The molecule has 1 aliphatic rings. The standard InChI is InChI=1S/C11H13N3OS/c1-7-12-13-11(16-7)14-6-5-8-9(14)3-2-4-10(8)15/h5-6,10,15H,2-4H2,1H3. The first-order chi connectivity index (χ1) is 7.75. The molecule has 1 unspecified atom stereocenters. The van der Waals surface area contributed by atoms with Gasteiger partial charge in [-0.2, -0.15) is 0 Å². The highest BCUT2D eigenvalue weighted by Gasteiger charge is 2.22. The molecule has 0 saturated heterocycles. The largest absolute Gasteiger partial charge is 0.388 e. The Balaban J connectivity index is 2.09. The molecule has 2 aromatic rings. The van der Waals surface area contributed by atoms with Gasteiger partial charge in [0.25, 0.3) is 0 Å². The third kappa shape index (κ3) is 1.47. The molecule has 0 radical (unpaired) electrons. The van der Waals surface area contributed by atoms with Crippen LogP contribution in [0.4, 0.5) is 0 Å². The van der Waals surface area contributed by atoms with Gasteiger partial charge in [0.2, 0.25) is 5.13 Å². The first kappa shape index (κ1) is 9.99. The normalized spacial score (nSPS) is 19.8. The van der Waals surface area contributed by atoms with E-state index in [1.165, 1.54) is 5.69 Å². The van der Waals surface area contributed by atoms with Crippen LogP contribution < -0.4 is 0 Å². The number of hydrogen-bond donors (Lipinski definition) is 1. The molecule has 1 aliphatic carbocycles. The van der Waals surface area contributed by atoms with E-state index in [2.05, 4.69) is 14.8 Å². The molecular formula is C11H13N3OS. The Bertz CT molecular complexity index is 517. The summed E-state index contributed by atoms with van der Waals surface area (Å²) in [5.74, 6) is 0. The van der Waals surface area contributed by atoms with Gasteiger partial charge in [0.15, 0.2) is 0 Å². The molecule has 0 aromatic carbocycles. The maximum Gasteiger partial charge on any atom is 0.216 e. The molecule has 3 rings (SSSR count). The van der Waals surface area contributed by atoms with Crippen LogP contribution in [0.25, 0.3) is 5.13 Å². The Morgan fingerprint density at radius 3 is 3.12 bits per heavy atom. The van der Waals surface area contributed by atoms with E-state index in [1.54, 1.807) is 11.3 Å². The summed E-state index contributed by atoms with van der Waals surface area (Å²) in [6.45, 7) is 1.95. The minimum Gasteiger partial charge on any atom is -0.388 e. The van der Waals surface area contributed by atoms with Crippen LogP contribution in [-0.2, 0) is 6.42 Å². The Kier molecular flexibility index (Phi) is 2.29. The average Bonchev–Trinajstić information content (AvgIpc) is 2.84. The molecule has 0 bridgehead atoms. The van der Waals surface area contributed by atoms with Gasteiger partial charge >= 0.3 is 0 Å². The number of fused-ring (bicyclic) bond motifs is 1. The number of rotatable bonds is 1. The lowest BCUT2D eigenvalue weighted by Gasteiger charge is -2.19. The van der Waals surface area contributed by atoms with Gasteiger partial charge in [-0.15, -0.1) is 10.2 Å². The zero-order valence-electron chi connectivity index (χ0n) is 9.05. The van der Waals surface area contributed by atoms with Crippen molar-refractivity contribution in [3.63, 3.8) is 0 Å². The highest BCUT2D eigenvalue weighted by molar-refractivity contribution is 7.13. The van der Waals surface area contributed by atoms with Crippen LogP contribution in [0.5, 0.6) is 0 Å². The van der Waals surface area contributed by atoms with Gasteiger partial charge in [-0.05, 0) is 32.3 Å². The van der Waals surface area contributed by atoms with Gasteiger partial charge in [-0.3, -0.25) is 4.57 Å². The van der Waals surface area contributed by atoms with Crippen LogP contribution in [0.3, 0.4) is 0 Å². The lowest BCUT2D eigenvalue weighted by Crippen LogP contribution is -2.10. The first-order valence-corrected chi connectivity index (χ1v) is 6.26. The third-order valence-electron chi connectivity index (χ3n) is 3.00. The van der Waals surface area contributed by atoms with Gasteiger partial charge in [-0.25, -0.2) is 0 Å². The molecule has 2 heterocycles. The summed E-state index contributed by atoms with van der Waals surface area (Å²) in [5, 5.41) is 19.9. The topological polar surface area (TPSA) is 50.9 Å². The number of aliphatic hydroxyl groups is 1. The van der Waals surface area contributed by atoms with E-state index >= 15 is 0 Å². The Labute approximate surface area is 97.6 Å². The fourth-order valence-electron chi connectivity index (χ4n) is 2.23. The quantitative estimate of drug-likeness (QED) is 0.822. The van der Waals surface area contributed by atoms with E-state index in [-0.39, 0.29) is 6.10 Å². The van der Waals surface area contributed by atoms with Crippen LogP contribution in [0, 0.1) is 6.92 Å². The molecule has 0 fully saturated rings. The maximum absolute atomic E-state index is 9.88. The second kappa shape index (κ2) is 3.68. The van der Waals surface area contributed by atoms with Gasteiger partial charge in [0, 0.05) is 17.5 Å². The number of aromatic nitrogens is 3. The van der Waals surface area contributed by atoms with Crippen molar-refractivity contribution >= 4 is 11.3 Å². The average molecular weight is 235 g/mol. The maximum atomic E-state index is 9.88. The molecule has 5 heteroatoms. The predicted molar refractivity (Wildman–Crippen MR) is 61.9 cm³/mol. The van der Waals surface area contributed by atoms with Crippen molar-refractivity contribution < 1.29 is 5.11 Å². The number of nitrogens with zero attached hydrogens (tertiary/aromatic N) is 3. The van der Waals surface area contributed by atoms with E-state index in [1.807, 2.05) is 19.2 Å². The van der Waals surface area contributed by atoms with Crippen molar-refractivity contribution in [2.45, 2.75) is 32.3 Å². The van der Waals surface area contributed by atoms with Gasteiger partial charge in [-0.1, -0.05) is 11.3 Å². The Morgan fingerprint density at radius 1 is 1.50 bits per heavy atom. The molecule has 84 valence electrons. The van der Waals surface area contributed by atoms with Crippen LogP contribution in [-0.4, -0.2) is 19.9 Å². The predicted octanol–water partition coefficient (Wildman–Crippen LogP) is 2.01. The van der Waals surface area contributed by atoms with Gasteiger partial charge in [0.05, 0.1) is 6.10 Å². The summed E-state index contributed by atoms with van der Waals surface area (Å²) in [5.41, 5.74) is 2.24. The molecule has 1 N–H and O–H groups in total. The summed E-state index contributed by atoms with van der Waals surface area (Å²) >= 11 is 1.58. The molecule has 0 spiro atoms. The summed E-state index contributed by atoms with van der Waals surface area (Å²) in [4.78, 5) is 0. The molecule has 0 amide bonds. The van der Waals surface area contributed by atoms with Crippen LogP contribution in [0.1, 0.15) is 35.2 Å². The van der Waals surface area contributed by atoms with Crippen LogP contribution in [0.2, 0.25) is 0 Å². The molecular weight excluding hydrogens is 222 g/mol. The second-order valence-electron chi connectivity index (χ2n) is 4.10. The zero-order chi connectivity index (χ0) is 11.1. The van der Waals surface area contributed by atoms with Crippen molar-refractivity contribution in [1.82, 2.24) is 14.8 Å². The van der Waals surface area contributed by atoms with Crippen LogP contribution >= 0.6 is 11.3 Å². The van der Waals surface area contributed by atoms with Gasteiger partial charge < -0.3 is 5.11 Å². The van der Waals surface area contributed by atoms with Gasteiger partial charge in [0.1, 0.15) is 5.01 Å². The van der Waals surface area contributed by atoms with Crippen molar-refractivity contribution in [2.75, 3.05) is 0 Å². The minimum atomic E-state index is -0.306. The molecule has 16 heavy (non-hydrogen) atoms. The van der Waals surface area contributed by atoms with Crippen molar-refractivity contribution in [1.29, 1.82) is 0 Å². The lowest BCUT2D eigenvalue weighted by molar-refractivity contribution is 0.156. The summed E-state index contributed by atoms with van der Waals surface area (Å²) in [6.07, 6.45) is 4.60. The number of hydrogen-bond acceptors (Lipinski definition) is 4. The third-order valence-corrected chi connectivity index (χ3v) is 3.84. The first-order valence-electron chi connectivity index (χ1n) is 5.44. The van der Waals surface area contributed by atoms with Crippen molar-refractivity contribution in [3.05, 3.63) is 28.5 Å². The Hall–Kier alpha value is -1.20. The second-order valence-corrected chi connectivity index (χ2v) is 5.26. The van der Waals surface area contributed by atoms with Crippen LogP contribution in [0.15, 0.2) is 12.3 Å². The van der Waals surface area contributed by atoms with Crippen molar-refractivity contribution in [2.24, 2.45) is 0 Å². The fourth-order valence-corrected chi connectivity index (χ4v) is 2.93. The molecule has 1 atom stereocenters. The number of aliphatic hydroxyl groups excluding tert-OH is 1. The van der Waals surface area contributed by atoms with E-state index < -0.39 is 0 Å². The monoisotopic (exact) mass is 235 g/mol. The van der Waals surface area contributed by atoms with E-state index in [9.17, 15) is 5.11 Å². The smallest absolute Gasteiger partial charge is 0.216 e. The lowest BCUT2D eigenvalue weighted by atomic mass is 9.95. The van der Waals surface area contributed by atoms with E-state index in [4.69, 9.17) is 0 Å². The summed E-state index contributed by atoms with van der Waals surface area (Å²) < 4.78 is 2.06. The molecule has 2 aromatic heterocycles. The van der Waals surface area contributed by atoms with E-state index in [0.29, 0.717) is 0 Å². The molecule has 4 nitrogen and oxygen atoms in total. The summed E-state index contributed by atoms with van der Waals surface area (Å²) in [7, 11) is 0. The Morgan fingerprint density at radius 2 is 2.38 bits per heavy atom. The summed E-state index contributed by atoms with van der Waals surface area (Å²) in [6, 6.07) is 2.00. The SMILES string of the molecule is Cc1nnc(-n2ccc3c2CCCC3O)s1.